The fourth-order valence-corrected chi connectivity index (χ4v) is 2.58. The van der Waals surface area contributed by atoms with E-state index in [4.69, 9.17) is 10.5 Å². The Balaban J connectivity index is 2.10. The monoisotopic (exact) mass is 251 g/mol. The fraction of sp³-hybridized carbons (Fsp3) is 0.786. The van der Waals surface area contributed by atoms with Gasteiger partial charge in [0.05, 0.1) is 5.69 Å². The normalized spacial score (nSPS) is 17.7. The number of nitrogen functional groups attached to an aromatic ring is 1. The second-order valence-electron chi connectivity index (χ2n) is 5.26. The first kappa shape index (κ1) is 13.2. The number of aromatic nitrogens is 2. The fourth-order valence-electron chi connectivity index (χ4n) is 2.58. The zero-order chi connectivity index (χ0) is 13.0. The highest BCUT2D eigenvalue weighted by Crippen LogP contribution is 2.29. The molecule has 102 valence electrons. The summed E-state index contributed by atoms with van der Waals surface area (Å²) in [5.41, 5.74) is 7.68. The van der Waals surface area contributed by atoms with Crippen molar-refractivity contribution in [3.8, 4) is 5.88 Å². The molecule has 1 aromatic heterocycles. The first-order valence-electron chi connectivity index (χ1n) is 7.22. The van der Waals surface area contributed by atoms with Crippen LogP contribution in [0.15, 0.2) is 0 Å². The maximum atomic E-state index is 6.15. The Morgan fingerprint density at radius 3 is 2.56 bits per heavy atom. The van der Waals surface area contributed by atoms with Gasteiger partial charge in [-0.05, 0) is 39.0 Å². The molecule has 0 aliphatic heterocycles. The molecule has 4 nitrogen and oxygen atoms in total. The number of nitrogens with zero attached hydrogens (tertiary/aromatic N) is 2. The summed E-state index contributed by atoms with van der Waals surface area (Å²) in [6.07, 6.45) is 8.87. The minimum Gasteiger partial charge on any atom is -0.473 e. The number of aryl methyl sites for hydroxylation is 2. The molecule has 0 radical (unpaired) electrons. The van der Waals surface area contributed by atoms with Crippen LogP contribution >= 0.6 is 0 Å². The largest absolute Gasteiger partial charge is 0.473 e. The molecule has 1 fully saturated rings. The molecule has 0 aromatic carbocycles. The average molecular weight is 251 g/mol. The van der Waals surface area contributed by atoms with Gasteiger partial charge in [0.2, 0.25) is 5.88 Å². The van der Waals surface area contributed by atoms with E-state index in [-0.39, 0.29) is 0 Å². The summed E-state index contributed by atoms with van der Waals surface area (Å²) in [4.78, 5) is 0. The molecule has 18 heavy (non-hydrogen) atoms. The SMILES string of the molecule is CCCn1nc(C)c(N)c1OC1CCCCCC1. The van der Waals surface area contributed by atoms with Crippen LogP contribution in [0.3, 0.4) is 0 Å². The van der Waals surface area contributed by atoms with E-state index >= 15 is 0 Å². The van der Waals surface area contributed by atoms with Gasteiger partial charge >= 0.3 is 0 Å². The lowest BCUT2D eigenvalue weighted by molar-refractivity contribution is 0.166. The number of rotatable bonds is 4. The molecule has 2 rings (SSSR count). The predicted molar refractivity (Wildman–Crippen MR) is 73.8 cm³/mol. The zero-order valence-corrected chi connectivity index (χ0v) is 11.6. The van der Waals surface area contributed by atoms with Gasteiger partial charge in [0, 0.05) is 6.54 Å². The van der Waals surface area contributed by atoms with E-state index in [1.165, 1.54) is 25.7 Å². The average Bonchev–Trinajstić information content (AvgIpc) is 2.58. The van der Waals surface area contributed by atoms with Gasteiger partial charge in [-0.1, -0.05) is 19.8 Å². The zero-order valence-electron chi connectivity index (χ0n) is 11.6. The minimum atomic E-state index is 0.321. The number of ether oxygens (including phenoxy) is 1. The summed E-state index contributed by atoms with van der Waals surface area (Å²) in [6.45, 7) is 4.96. The number of hydrogen-bond acceptors (Lipinski definition) is 3. The Morgan fingerprint density at radius 1 is 1.28 bits per heavy atom. The van der Waals surface area contributed by atoms with Crippen molar-refractivity contribution in [1.82, 2.24) is 9.78 Å². The molecule has 1 aliphatic carbocycles. The topological polar surface area (TPSA) is 53.1 Å². The van der Waals surface area contributed by atoms with E-state index in [9.17, 15) is 0 Å². The first-order valence-corrected chi connectivity index (χ1v) is 7.22. The van der Waals surface area contributed by atoms with Crippen LogP contribution in [0.4, 0.5) is 5.69 Å². The van der Waals surface area contributed by atoms with Crippen LogP contribution < -0.4 is 10.5 Å². The highest BCUT2D eigenvalue weighted by Gasteiger charge is 2.19. The van der Waals surface area contributed by atoms with E-state index in [1.807, 2.05) is 11.6 Å². The number of anilines is 1. The van der Waals surface area contributed by atoms with Crippen LogP contribution in [0.5, 0.6) is 5.88 Å². The molecule has 4 heteroatoms. The lowest BCUT2D eigenvalue weighted by Gasteiger charge is -2.18. The van der Waals surface area contributed by atoms with Crippen molar-refractivity contribution >= 4 is 5.69 Å². The minimum absolute atomic E-state index is 0.321. The van der Waals surface area contributed by atoms with Gasteiger partial charge in [-0.2, -0.15) is 5.10 Å². The molecule has 0 unspecified atom stereocenters. The first-order chi connectivity index (χ1) is 8.72. The molecule has 1 saturated carbocycles. The molecule has 2 N–H and O–H groups in total. The van der Waals surface area contributed by atoms with Crippen molar-refractivity contribution < 1.29 is 4.74 Å². The van der Waals surface area contributed by atoms with Crippen LogP contribution in [0.2, 0.25) is 0 Å². The Bertz CT molecular complexity index is 379. The summed E-state index contributed by atoms with van der Waals surface area (Å²) in [5.74, 6) is 0.793. The van der Waals surface area contributed by atoms with Crippen molar-refractivity contribution in [1.29, 1.82) is 0 Å². The lowest BCUT2D eigenvalue weighted by Crippen LogP contribution is -2.18. The summed E-state index contributed by atoms with van der Waals surface area (Å²) in [5, 5.41) is 4.46. The summed E-state index contributed by atoms with van der Waals surface area (Å²) < 4.78 is 8.07. The van der Waals surface area contributed by atoms with E-state index in [0.29, 0.717) is 11.8 Å². The Kier molecular flexibility index (Phi) is 4.50. The highest BCUT2D eigenvalue weighted by atomic mass is 16.5. The van der Waals surface area contributed by atoms with Gasteiger partial charge in [-0.15, -0.1) is 0 Å². The standard InChI is InChI=1S/C14H25N3O/c1-3-10-17-14(13(15)11(2)16-17)18-12-8-6-4-5-7-9-12/h12H,3-10,15H2,1-2H3. The molecule has 0 saturated heterocycles. The smallest absolute Gasteiger partial charge is 0.236 e. The number of hydrogen-bond donors (Lipinski definition) is 1. The van der Waals surface area contributed by atoms with Crippen molar-refractivity contribution in [2.24, 2.45) is 0 Å². The van der Waals surface area contributed by atoms with Gasteiger partial charge in [0.1, 0.15) is 11.8 Å². The van der Waals surface area contributed by atoms with Crippen LogP contribution in [0, 0.1) is 6.92 Å². The maximum absolute atomic E-state index is 6.15. The Labute approximate surface area is 110 Å². The highest BCUT2D eigenvalue weighted by molar-refractivity contribution is 5.52. The van der Waals surface area contributed by atoms with E-state index in [2.05, 4.69) is 12.0 Å². The molecule has 1 aromatic rings. The second-order valence-corrected chi connectivity index (χ2v) is 5.26. The van der Waals surface area contributed by atoms with E-state index in [0.717, 1.165) is 37.4 Å². The van der Waals surface area contributed by atoms with Gasteiger partial charge < -0.3 is 10.5 Å². The van der Waals surface area contributed by atoms with E-state index < -0.39 is 0 Å². The third-order valence-corrected chi connectivity index (χ3v) is 3.64. The third-order valence-electron chi connectivity index (χ3n) is 3.64. The molecular formula is C14H25N3O. The van der Waals surface area contributed by atoms with Crippen molar-refractivity contribution in [3.05, 3.63) is 5.69 Å². The molecule has 0 atom stereocenters. The molecule has 0 amide bonds. The van der Waals surface area contributed by atoms with Crippen molar-refractivity contribution in [2.75, 3.05) is 5.73 Å². The second kappa shape index (κ2) is 6.12. The van der Waals surface area contributed by atoms with E-state index in [1.54, 1.807) is 0 Å². The van der Waals surface area contributed by atoms with Crippen LogP contribution in [0.1, 0.15) is 57.6 Å². The summed E-state index contributed by atoms with van der Waals surface area (Å²) in [7, 11) is 0. The Hall–Kier alpha value is -1.19. The molecule has 1 heterocycles. The van der Waals surface area contributed by atoms with Crippen molar-refractivity contribution in [2.45, 2.75) is 71.4 Å². The van der Waals surface area contributed by atoms with Crippen LogP contribution in [-0.4, -0.2) is 15.9 Å². The van der Waals surface area contributed by atoms with Gasteiger partial charge in [-0.3, -0.25) is 0 Å². The van der Waals surface area contributed by atoms with Crippen LogP contribution in [0.25, 0.3) is 0 Å². The third kappa shape index (κ3) is 2.98. The summed E-state index contributed by atoms with van der Waals surface area (Å²) >= 11 is 0. The Morgan fingerprint density at radius 2 is 1.94 bits per heavy atom. The number of nitrogens with two attached hydrogens (primary N) is 1. The maximum Gasteiger partial charge on any atom is 0.236 e. The molecular weight excluding hydrogens is 226 g/mol. The van der Waals surface area contributed by atoms with Crippen molar-refractivity contribution in [3.63, 3.8) is 0 Å². The molecule has 0 spiro atoms. The van der Waals surface area contributed by atoms with Gasteiger partial charge in [-0.25, -0.2) is 4.68 Å². The van der Waals surface area contributed by atoms with Crippen LogP contribution in [-0.2, 0) is 6.54 Å². The predicted octanol–water partition coefficient (Wildman–Crippen LogP) is 3.29. The lowest BCUT2D eigenvalue weighted by atomic mass is 10.1. The quantitative estimate of drug-likeness (QED) is 0.835. The molecule has 1 aliphatic rings. The van der Waals surface area contributed by atoms with Gasteiger partial charge in [0.15, 0.2) is 0 Å². The summed E-state index contributed by atoms with van der Waals surface area (Å²) in [6, 6.07) is 0. The molecule has 0 bridgehead atoms. The van der Waals surface area contributed by atoms with Gasteiger partial charge in [0.25, 0.3) is 0 Å².